The number of rotatable bonds is 5. The Hall–Kier alpha value is -4.24. The third kappa shape index (κ3) is 4.58. The lowest BCUT2D eigenvalue weighted by Gasteiger charge is -2.29. The maximum absolute atomic E-state index is 13.0. The zero-order chi connectivity index (χ0) is 24.4. The van der Waals surface area contributed by atoms with Gasteiger partial charge in [0.2, 0.25) is 0 Å². The summed E-state index contributed by atoms with van der Waals surface area (Å²) in [6.07, 6.45) is 1.69. The lowest BCUT2D eigenvalue weighted by atomic mass is 10.1. The van der Waals surface area contributed by atoms with E-state index in [2.05, 4.69) is 20.3 Å². The summed E-state index contributed by atoms with van der Waals surface area (Å²) in [5, 5.41) is 7.26. The molecule has 9 nitrogen and oxygen atoms in total. The van der Waals surface area contributed by atoms with Crippen molar-refractivity contribution in [2.24, 2.45) is 0 Å². The number of hydrogen-bond acceptors (Lipinski definition) is 6. The van der Waals surface area contributed by atoms with Crippen LogP contribution in [0.1, 0.15) is 26.3 Å². The quantitative estimate of drug-likeness (QED) is 0.481. The molecule has 1 fully saturated rings. The molecule has 0 aliphatic carbocycles. The summed E-state index contributed by atoms with van der Waals surface area (Å²) in [5.41, 5.74) is 3.38. The molecule has 2 aromatic carbocycles. The van der Waals surface area contributed by atoms with Crippen LogP contribution in [0, 0.1) is 6.92 Å². The van der Waals surface area contributed by atoms with Gasteiger partial charge in [-0.3, -0.25) is 9.59 Å². The first-order valence-corrected chi connectivity index (χ1v) is 11.4. The van der Waals surface area contributed by atoms with Gasteiger partial charge >= 0.3 is 0 Å². The highest BCUT2D eigenvalue weighted by Crippen LogP contribution is 2.22. The first-order chi connectivity index (χ1) is 17.0. The number of carbonyl (C=O) groups is 2. The molecule has 1 N–H and O–H groups in total. The molecule has 1 saturated heterocycles. The van der Waals surface area contributed by atoms with Crippen LogP contribution in [0.4, 0.5) is 17.3 Å². The van der Waals surface area contributed by atoms with Gasteiger partial charge in [0, 0.05) is 49.1 Å². The van der Waals surface area contributed by atoms with Crippen LogP contribution >= 0.6 is 0 Å². The van der Waals surface area contributed by atoms with Crippen LogP contribution in [-0.2, 0) is 4.74 Å². The van der Waals surface area contributed by atoms with Crippen molar-refractivity contribution in [1.82, 2.24) is 14.6 Å². The molecule has 35 heavy (non-hydrogen) atoms. The molecule has 0 atom stereocenters. The third-order valence-corrected chi connectivity index (χ3v) is 6.11. The van der Waals surface area contributed by atoms with Crippen LogP contribution in [0.3, 0.4) is 0 Å². The Bertz CT molecular complexity index is 1380. The Balaban J connectivity index is 1.33. The van der Waals surface area contributed by atoms with Crippen LogP contribution in [-0.4, -0.2) is 59.8 Å². The minimum atomic E-state index is -0.284. The molecule has 0 radical (unpaired) electrons. The van der Waals surface area contributed by atoms with E-state index in [1.54, 1.807) is 53.0 Å². The number of nitrogens with one attached hydrogen (secondary N) is 1. The van der Waals surface area contributed by atoms with Crippen molar-refractivity contribution in [2.75, 3.05) is 48.5 Å². The molecule has 178 valence electrons. The fourth-order valence-electron chi connectivity index (χ4n) is 4.11. The number of nitrogens with zero attached hydrogens (tertiary/aromatic N) is 5. The number of benzene rings is 2. The summed E-state index contributed by atoms with van der Waals surface area (Å²) >= 11 is 0. The summed E-state index contributed by atoms with van der Waals surface area (Å²) in [6, 6.07) is 18.0. The Kier molecular flexibility index (Phi) is 6.15. The number of aryl methyl sites for hydroxylation is 1. The molecule has 9 heteroatoms. The number of ether oxygens (including phenoxy) is 1. The maximum Gasteiger partial charge on any atom is 0.258 e. The van der Waals surface area contributed by atoms with Crippen molar-refractivity contribution in [3.63, 3.8) is 0 Å². The Morgan fingerprint density at radius 3 is 2.51 bits per heavy atom. The molecule has 5 rings (SSSR count). The highest BCUT2D eigenvalue weighted by molar-refractivity contribution is 6.07. The van der Waals surface area contributed by atoms with Gasteiger partial charge in [-0.2, -0.15) is 9.61 Å². The van der Waals surface area contributed by atoms with Gasteiger partial charge in [-0.15, -0.1) is 0 Å². The van der Waals surface area contributed by atoms with Gasteiger partial charge in [0.05, 0.1) is 19.4 Å². The van der Waals surface area contributed by atoms with Gasteiger partial charge in [-0.1, -0.05) is 18.2 Å². The topological polar surface area (TPSA) is 92.1 Å². The first-order valence-electron chi connectivity index (χ1n) is 11.4. The molecule has 2 amide bonds. The summed E-state index contributed by atoms with van der Waals surface area (Å²) in [6.45, 7) is 4.67. The van der Waals surface area contributed by atoms with Gasteiger partial charge in [-0.05, 0) is 42.8 Å². The summed E-state index contributed by atoms with van der Waals surface area (Å²) < 4.78 is 7.22. The SMILES string of the molecule is Cc1ccccc1C(=O)N(C)c1ccc(C(=O)Nc2cc(N3CCOCC3)n3nccc3n2)cc1. The number of morpholine rings is 1. The molecule has 1 aliphatic heterocycles. The molecule has 0 bridgehead atoms. The maximum atomic E-state index is 13.0. The van der Waals surface area contributed by atoms with Crippen LogP contribution < -0.4 is 15.1 Å². The number of hydrogen-bond donors (Lipinski definition) is 1. The average Bonchev–Trinajstić information content (AvgIpc) is 3.37. The summed E-state index contributed by atoms with van der Waals surface area (Å²) in [7, 11) is 1.72. The smallest absolute Gasteiger partial charge is 0.258 e. The van der Waals surface area contributed by atoms with Crippen molar-refractivity contribution in [3.8, 4) is 0 Å². The molecule has 0 unspecified atom stereocenters. The second-order valence-corrected chi connectivity index (χ2v) is 8.38. The molecule has 2 aromatic heterocycles. The van der Waals surface area contributed by atoms with Crippen molar-refractivity contribution < 1.29 is 14.3 Å². The van der Waals surface area contributed by atoms with Crippen molar-refractivity contribution in [2.45, 2.75) is 6.92 Å². The minimum absolute atomic E-state index is 0.103. The van der Waals surface area contributed by atoms with Crippen LogP contribution in [0.2, 0.25) is 0 Å². The monoisotopic (exact) mass is 470 g/mol. The van der Waals surface area contributed by atoms with Gasteiger partial charge < -0.3 is 19.9 Å². The highest BCUT2D eigenvalue weighted by atomic mass is 16.5. The average molecular weight is 471 g/mol. The van der Waals surface area contributed by atoms with Crippen molar-refractivity contribution >= 4 is 34.8 Å². The fraction of sp³-hybridized carbons (Fsp3) is 0.231. The highest BCUT2D eigenvalue weighted by Gasteiger charge is 2.19. The second kappa shape index (κ2) is 9.55. The van der Waals surface area contributed by atoms with Crippen LogP contribution in [0.15, 0.2) is 66.9 Å². The number of aromatic nitrogens is 3. The molecule has 4 aromatic rings. The van der Waals surface area contributed by atoms with E-state index in [-0.39, 0.29) is 11.8 Å². The molecule has 3 heterocycles. The van der Waals surface area contributed by atoms with Crippen molar-refractivity contribution in [3.05, 3.63) is 83.6 Å². The van der Waals surface area contributed by atoms with Gasteiger partial charge in [0.25, 0.3) is 11.8 Å². The van der Waals surface area contributed by atoms with Gasteiger partial charge in [0.15, 0.2) is 5.65 Å². The normalized spacial score (nSPS) is 13.6. The van der Waals surface area contributed by atoms with E-state index >= 15 is 0 Å². The van der Waals surface area contributed by atoms with E-state index in [4.69, 9.17) is 4.74 Å². The number of amides is 2. The Morgan fingerprint density at radius 1 is 1.03 bits per heavy atom. The van der Waals surface area contributed by atoms with Crippen LogP contribution in [0.5, 0.6) is 0 Å². The van der Waals surface area contributed by atoms with E-state index in [1.807, 2.05) is 37.3 Å². The van der Waals surface area contributed by atoms with E-state index in [1.165, 1.54) is 0 Å². The predicted molar refractivity (Wildman–Crippen MR) is 134 cm³/mol. The zero-order valence-corrected chi connectivity index (χ0v) is 19.6. The zero-order valence-electron chi connectivity index (χ0n) is 19.6. The summed E-state index contributed by atoms with van der Waals surface area (Å²) in [4.78, 5) is 34.1. The fourth-order valence-corrected chi connectivity index (χ4v) is 4.11. The summed E-state index contributed by atoms with van der Waals surface area (Å²) in [5.74, 6) is 0.911. The molecule has 1 aliphatic rings. The van der Waals surface area contributed by atoms with E-state index < -0.39 is 0 Å². The first kappa shape index (κ1) is 22.5. The molecule has 0 spiro atoms. The lowest BCUT2D eigenvalue weighted by molar-refractivity contribution is 0.0991. The number of fused-ring (bicyclic) bond motifs is 1. The van der Waals surface area contributed by atoms with Gasteiger partial charge in [0.1, 0.15) is 11.6 Å². The van der Waals surface area contributed by atoms with Gasteiger partial charge in [-0.25, -0.2) is 4.98 Å². The largest absolute Gasteiger partial charge is 0.378 e. The van der Waals surface area contributed by atoms with E-state index in [0.29, 0.717) is 41.5 Å². The molecular weight excluding hydrogens is 444 g/mol. The second-order valence-electron chi connectivity index (χ2n) is 8.38. The standard InChI is InChI=1S/C26H26N6O3/c1-18-5-3-4-6-21(18)26(34)30(2)20-9-7-19(8-10-20)25(33)29-22-17-24(31-13-15-35-16-14-31)32-23(28-22)11-12-27-32/h3-12,17H,13-16H2,1-2H3,(H,28,29,33). The van der Waals surface area contributed by atoms with E-state index in [0.717, 1.165) is 24.5 Å². The predicted octanol–water partition coefficient (Wildman–Crippen LogP) is 3.40. The number of carbonyl (C=O) groups excluding carboxylic acids is 2. The van der Waals surface area contributed by atoms with Crippen LogP contribution in [0.25, 0.3) is 5.65 Å². The van der Waals surface area contributed by atoms with Crippen molar-refractivity contribution in [1.29, 1.82) is 0 Å². The lowest BCUT2D eigenvalue weighted by Crippen LogP contribution is -2.37. The Labute approximate surface area is 202 Å². The third-order valence-electron chi connectivity index (χ3n) is 6.11. The molecular formula is C26H26N6O3. The Morgan fingerprint density at radius 2 is 1.77 bits per heavy atom. The minimum Gasteiger partial charge on any atom is -0.378 e. The molecule has 0 saturated carbocycles. The van der Waals surface area contributed by atoms with E-state index in [9.17, 15) is 9.59 Å². The number of anilines is 3.